The molecular formula is C10H15N3. The minimum absolute atomic E-state index is 0.424. The molecule has 1 fully saturated rings. The normalized spacial score (nSPS) is 22.1. The molecule has 1 saturated heterocycles. The van der Waals surface area contributed by atoms with E-state index in [0.717, 1.165) is 12.1 Å². The molecule has 1 aliphatic heterocycles. The first-order valence-electron chi connectivity index (χ1n) is 4.73. The molecule has 3 heteroatoms. The van der Waals surface area contributed by atoms with Crippen molar-refractivity contribution < 1.29 is 0 Å². The average molecular weight is 177 g/mol. The van der Waals surface area contributed by atoms with Gasteiger partial charge in [-0.05, 0) is 37.9 Å². The van der Waals surface area contributed by atoms with E-state index >= 15 is 0 Å². The first-order chi connectivity index (χ1) is 6.27. The van der Waals surface area contributed by atoms with Gasteiger partial charge in [0.15, 0.2) is 0 Å². The molecule has 3 N–H and O–H groups in total. The Kier molecular flexibility index (Phi) is 2.19. The fourth-order valence-electron chi connectivity index (χ4n) is 1.83. The maximum absolute atomic E-state index is 5.82. The van der Waals surface area contributed by atoms with Gasteiger partial charge in [0.05, 0.1) is 0 Å². The number of hydrogen-bond donors (Lipinski definition) is 2. The molecule has 2 rings (SSSR count). The molecule has 1 atom stereocenters. The average Bonchev–Trinajstić information content (AvgIpc) is 2.61. The lowest BCUT2D eigenvalue weighted by molar-refractivity contribution is 0.647. The van der Waals surface area contributed by atoms with Crippen LogP contribution in [0.4, 0.5) is 5.82 Å². The summed E-state index contributed by atoms with van der Waals surface area (Å²) < 4.78 is 0. The summed E-state index contributed by atoms with van der Waals surface area (Å²) in [6.07, 6.45) is 4.22. The molecule has 1 unspecified atom stereocenters. The van der Waals surface area contributed by atoms with Crippen molar-refractivity contribution in [1.29, 1.82) is 0 Å². The Balaban J connectivity index is 2.32. The minimum Gasteiger partial charge on any atom is -0.383 e. The molecule has 0 bridgehead atoms. The van der Waals surface area contributed by atoms with Gasteiger partial charge < -0.3 is 11.1 Å². The number of anilines is 1. The van der Waals surface area contributed by atoms with Crippen LogP contribution < -0.4 is 11.1 Å². The van der Waals surface area contributed by atoms with Crippen LogP contribution in [0.3, 0.4) is 0 Å². The van der Waals surface area contributed by atoms with Crippen molar-refractivity contribution in [3.8, 4) is 0 Å². The number of hydrogen-bond acceptors (Lipinski definition) is 3. The SMILES string of the molecule is Cc1cnc(N)c(C2CCCN2)c1. The monoisotopic (exact) mass is 177 g/mol. The highest BCUT2D eigenvalue weighted by Crippen LogP contribution is 2.26. The van der Waals surface area contributed by atoms with Gasteiger partial charge in [-0.2, -0.15) is 0 Å². The second kappa shape index (κ2) is 3.34. The zero-order valence-corrected chi connectivity index (χ0v) is 7.88. The van der Waals surface area contributed by atoms with Gasteiger partial charge in [0, 0.05) is 17.8 Å². The predicted molar refractivity (Wildman–Crippen MR) is 53.4 cm³/mol. The Morgan fingerprint density at radius 3 is 3.15 bits per heavy atom. The highest BCUT2D eigenvalue weighted by Gasteiger charge is 2.18. The maximum Gasteiger partial charge on any atom is 0.128 e. The van der Waals surface area contributed by atoms with Gasteiger partial charge in [-0.15, -0.1) is 0 Å². The third kappa shape index (κ3) is 1.65. The zero-order chi connectivity index (χ0) is 9.26. The molecule has 70 valence electrons. The van der Waals surface area contributed by atoms with Crippen LogP contribution >= 0.6 is 0 Å². The van der Waals surface area contributed by atoms with Crippen LogP contribution in [0.25, 0.3) is 0 Å². The van der Waals surface area contributed by atoms with Crippen LogP contribution in [0.5, 0.6) is 0 Å². The largest absolute Gasteiger partial charge is 0.383 e. The number of nitrogens with one attached hydrogen (secondary N) is 1. The van der Waals surface area contributed by atoms with Crippen molar-refractivity contribution >= 4 is 5.82 Å². The summed E-state index contributed by atoms with van der Waals surface area (Å²) >= 11 is 0. The molecular weight excluding hydrogens is 162 g/mol. The lowest BCUT2D eigenvalue weighted by Crippen LogP contribution is -2.15. The summed E-state index contributed by atoms with van der Waals surface area (Å²) in [6.45, 7) is 3.14. The van der Waals surface area contributed by atoms with Crippen LogP contribution in [0.2, 0.25) is 0 Å². The molecule has 2 heterocycles. The molecule has 0 saturated carbocycles. The molecule has 0 amide bonds. The van der Waals surface area contributed by atoms with E-state index < -0.39 is 0 Å². The smallest absolute Gasteiger partial charge is 0.128 e. The first-order valence-corrected chi connectivity index (χ1v) is 4.73. The molecule has 0 radical (unpaired) electrons. The summed E-state index contributed by atoms with van der Waals surface area (Å²) in [5.74, 6) is 0.671. The Bertz CT molecular complexity index is 303. The van der Waals surface area contributed by atoms with Crippen LogP contribution in [-0.2, 0) is 0 Å². The van der Waals surface area contributed by atoms with Gasteiger partial charge in [-0.1, -0.05) is 0 Å². The minimum atomic E-state index is 0.424. The lowest BCUT2D eigenvalue weighted by atomic mass is 10.1. The lowest BCUT2D eigenvalue weighted by Gasteiger charge is -2.12. The van der Waals surface area contributed by atoms with E-state index in [9.17, 15) is 0 Å². The van der Waals surface area contributed by atoms with Crippen molar-refractivity contribution in [2.75, 3.05) is 12.3 Å². The van der Waals surface area contributed by atoms with Crippen LogP contribution in [-0.4, -0.2) is 11.5 Å². The van der Waals surface area contributed by atoms with Gasteiger partial charge >= 0.3 is 0 Å². The number of aryl methyl sites for hydroxylation is 1. The Morgan fingerprint density at radius 1 is 1.62 bits per heavy atom. The quantitative estimate of drug-likeness (QED) is 0.681. The molecule has 1 aliphatic rings. The fraction of sp³-hybridized carbons (Fsp3) is 0.500. The van der Waals surface area contributed by atoms with E-state index in [0.29, 0.717) is 11.9 Å². The first kappa shape index (κ1) is 8.51. The number of nitrogen functional groups attached to an aromatic ring is 1. The van der Waals surface area contributed by atoms with E-state index in [4.69, 9.17) is 5.73 Å². The molecule has 3 nitrogen and oxygen atoms in total. The number of nitrogens with two attached hydrogens (primary N) is 1. The summed E-state index contributed by atoms with van der Waals surface area (Å²) in [6, 6.07) is 2.55. The summed E-state index contributed by atoms with van der Waals surface area (Å²) in [7, 11) is 0. The van der Waals surface area contributed by atoms with Crippen LogP contribution in [0, 0.1) is 6.92 Å². The van der Waals surface area contributed by atoms with Gasteiger partial charge in [0.25, 0.3) is 0 Å². The van der Waals surface area contributed by atoms with Gasteiger partial charge in [-0.25, -0.2) is 4.98 Å². The van der Waals surface area contributed by atoms with E-state index in [-0.39, 0.29) is 0 Å². The molecule has 0 aliphatic carbocycles. The summed E-state index contributed by atoms with van der Waals surface area (Å²) in [4.78, 5) is 4.16. The third-order valence-electron chi connectivity index (χ3n) is 2.52. The highest BCUT2D eigenvalue weighted by atomic mass is 15.0. The van der Waals surface area contributed by atoms with Crippen molar-refractivity contribution in [2.45, 2.75) is 25.8 Å². The zero-order valence-electron chi connectivity index (χ0n) is 7.88. The molecule has 0 aromatic carbocycles. The second-order valence-corrected chi connectivity index (χ2v) is 3.64. The second-order valence-electron chi connectivity index (χ2n) is 3.64. The van der Waals surface area contributed by atoms with E-state index in [1.54, 1.807) is 0 Å². The Morgan fingerprint density at radius 2 is 2.46 bits per heavy atom. The molecule has 0 spiro atoms. The fourth-order valence-corrected chi connectivity index (χ4v) is 1.83. The third-order valence-corrected chi connectivity index (χ3v) is 2.52. The van der Waals surface area contributed by atoms with Gasteiger partial charge in [-0.3, -0.25) is 0 Å². The molecule has 1 aromatic rings. The van der Waals surface area contributed by atoms with Crippen LogP contribution in [0.15, 0.2) is 12.3 Å². The van der Waals surface area contributed by atoms with Crippen molar-refractivity contribution in [2.24, 2.45) is 0 Å². The number of rotatable bonds is 1. The van der Waals surface area contributed by atoms with E-state index in [2.05, 4.69) is 16.4 Å². The highest BCUT2D eigenvalue weighted by molar-refractivity contribution is 5.43. The summed E-state index contributed by atoms with van der Waals surface area (Å²) in [5.41, 5.74) is 8.16. The van der Waals surface area contributed by atoms with Crippen molar-refractivity contribution in [1.82, 2.24) is 10.3 Å². The van der Waals surface area contributed by atoms with Crippen molar-refractivity contribution in [3.05, 3.63) is 23.4 Å². The van der Waals surface area contributed by atoms with Crippen LogP contribution in [0.1, 0.15) is 30.0 Å². The maximum atomic E-state index is 5.82. The summed E-state index contributed by atoms with van der Waals surface area (Å²) in [5, 5.41) is 3.42. The predicted octanol–water partition coefficient (Wildman–Crippen LogP) is 1.40. The number of aromatic nitrogens is 1. The molecule has 13 heavy (non-hydrogen) atoms. The van der Waals surface area contributed by atoms with E-state index in [1.165, 1.54) is 18.4 Å². The molecule has 1 aromatic heterocycles. The standard InChI is InChI=1S/C10H15N3/c1-7-5-8(10(11)13-6-7)9-3-2-4-12-9/h5-6,9,12H,2-4H2,1H3,(H2,11,13). The number of pyridine rings is 1. The van der Waals surface area contributed by atoms with Gasteiger partial charge in [0.1, 0.15) is 5.82 Å². The van der Waals surface area contributed by atoms with Crippen molar-refractivity contribution in [3.63, 3.8) is 0 Å². The van der Waals surface area contributed by atoms with Gasteiger partial charge in [0.2, 0.25) is 0 Å². The Labute approximate surface area is 78.4 Å². The Hall–Kier alpha value is -1.09. The van der Waals surface area contributed by atoms with E-state index in [1.807, 2.05) is 13.1 Å². The topological polar surface area (TPSA) is 50.9 Å². The number of nitrogens with zero attached hydrogens (tertiary/aromatic N) is 1.